The van der Waals surface area contributed by atoms with E-state index in [0.717, 1.165) is 30.6 Å². The van der Waals surface area contributed by atoms with Gasteiger partial charge in [0.15, 0.2) is 11.5 Å². The highest BCUT2D eigenvalue weighted by molar-refractivity contribution is 6.32. The summed E-state index contributed by atoms with van der Waals surface area (Å²) in [6, 6.07) is 9.70. The highest BCUT2D eigenvalue weighted by atomic mass is 35.5. The fourth-order valence-corrected chi connectivity index (χ4v) is 4.05. The Kier molecular flexibility index (Phi) is 5.12. The van der Waals surface area contributed by atoms with Crippen LogP contribution < -0.4 is 19.5 Å². The van der Waals surface area contributed by atoms with Crippen LogP contribution in [0.5, 0.6) is 17.2 Å². The molecule has 2 aliphatic rings. The van der Waals surface area contributed by atoms with Crippen molar-refractivity contribution < 1.29 is 19.0 Å². The molecule has 6 heteroatoms. The van der Waals surface area contributed by atoms with Crippen molar-refractivity contribution in [2.45, 2.75) is 31.7 Å². The van der Waals surface area contributed by atoms with Gasteiger partial charge >= 0.3 is 0 Å². The molecule has 0 spiro atoms. The molecule has 27 heavy (non-hydrogen) atoms. The smallest absolute Gasteiger partial charge is 0.224 e. The van der Waals surface area contributed by atoms with E-state index in [1.807, 2.05) is 12.1 Å². The topological polar surface area (TPSA) is 56.8 Å². The van der Waals surface area contributed by atoms with Crippen molar-refractivity contribution in [1.82, 2.24) is 5.32 Å². The van der Waals surface area contributed by atoms with Gasteiger partial charge in [-0.25, -0.2) is 0 Å². The summed E-state index contributed by atoms with van der Waals surface area (Å²) in [7, 11) is 1.67. The average molecular weight is 388 g/mol. The van der Waals surface area contributed by atoms with E-state index in [-0.39, 0.29) is 18.4 Å². The number of fused-ring (bicyclic) bond motifs is 2. The Labute approximate surface area is 163 Å². The number of carbonyl (C=O) groups excluding carboxylic acids is 1. The molecule has 0 bridgehead atoms. The second-order valence-corrected chi connectivity index (χ2v) is 7.26. The van der Waals surface area contributed by atoms with E-state index in [2.05, 4.69) is 17.4 Å². The Morgan fingerprint density at radius 1 is 1.26 bits per heavy atom. The first-order chi connectivity index (χ1) is 13.1. The third-order valence-electron chi connectivity index (χ3n) is 5.02. The number of amides is 1. The first kappa shape index (κ1) is 18.0. The number of halogens is 1. The Morgan fingerprint density at radius 2 is 2.11 bits per heavy atom. The first-order valence-electron chi connectivity index (χ1n) is 9.18. The van der Waals surface area contributed by atoms with Crippen molar-refractivity contribution in [2.75, 3.05) is 20.3 Å². The van der Waals surface area contributed by atoms with E-state index in [1.54, 1.807) is 13.2 Å². The summed E-state index contributed by atoms with van der Waals surface area (Å²) >= 11 is 6.27. The van der Waals surface area contributed by atoms with Gasteiger partial charge in [-0.2, -0.15) is 0 Å². The highest BCUT2D eigenvalue weighted by Crippen LogP contribution is 2.38. The van der Waals surface area contributed by atoms with E-state index in [9.17, 15) is 4.79 Å². The van der Waals surface area contributed by atoms with Crippen LogP contribution in [0, 0.1) is 0 Å². The maximum absolute atomic E-state index is 12.6. The number of benzene rings is 2. The molecule has 0 radical (unpaired) electrons. The third-order valence-corrected chi connectivity index (χ3v) is 5.30. The maximum Gasteiger partial charge on any atom is 0.224 e. The van der Waals surface area contributed by atoms with Gasteiger partial charge in [-0.15, -0.1) is 0 Å². The summed E-state index contributed by atoms with van der Waals surface area (Å²) in [5.74, 6) is 1.98. The summed E-state index contributed by atoms with van der Waals surface area (Å²) in [6.07, 6.45) is 3.24. The molecule has 1 amide bonds. The van der Waals surface area contributed by atoms with E-state index < -0.39 is 0 Å². The molecular formula is C21H22ClNO4. The van der Waals surface area contributed by atoms with Gasteiger partial charge in [-0.1, -0.05) is 17.7 Å². The Balaban J connectivity index is 1.47. The van der Waals surface area contributed by atoms with Crippen LogP contribution in [0.4, 0.5) is 0 Å². The van der Waals surface area contributed by atoms with Crippen LogP contribution in [0.15, 0.2) is 30.3 Å². The summed E-state index contributed by atoms with van der Waals surface area (Å²) < 4.78 is 16.4. The molecule has 0 aromatic heterocycles. The molecule has 0 saturated carbocycles. The van der Waals surface area contributed by atoms with Crippen LogP contribution in [-0.4, -0.2) is 26.2 Å². The zero-order valence-corrected chi connectivity index (χ0v) is 16.0. The van der Waals surface area contributed by atoms with Crippen molar-refractivity contribution in [3.8, 4) is 17.2 Å². The molecule has 142 valence electrons. The minimum absolute atomic E-state index is 0.0276. The highest BCUT2D eigenvalue weighted by Gasteiger charge is 2.23. The minimum atomic E-state index is -0.0311. The number of aryl methyl sites for hydroxylation is 1. The molecule has 0 saturated heterocycles. The summed E-state index contributed by atoms with van der Waals surface area (Å²) in [5.41, 5.74) is 3.23. The molecule has 1 N–H and O–H groups in total. The molecule has 4 rings (SSSR count). The summed E-state index contributed by atoms with van der Waals surface area (Å²) in [4.78, 5) is 12.6. The fraction of sp³-hybridized carbons (Fsp3) is 0.381. The molecule has 1 atom stereocenters. The van der Waals surface area contributed by atoms with Crippen LogP contribution in [0.2, 0.25) is 5.02 Å². The van der Waals surface area contributed by atoms with Crippen LogP contribution >= 0.6 is 11.6 Å². The number of nitrogens with one attached hydrogen (secondary N) is 1. The van der Waals surface area contributed by atoms with E-state index in [0.29, 0.717) is 29.7 Å². The van der Waals surface area contributed by atoms with E-state index in [1.165, 1.54) is 11.1 Å². The molecular weight excluding hydrogens is 366 g/mol. The number of ether oxygens (including phenoxy) is 3. The van der Waals surface area contributed by atoms with Crippen molar-refractivity contribution in [1.29, 1.82) is 0 Å². The van der Waals surface area contributed by atoms with Gasteiger partial charge in [0.1, 0.15) is 19.0 Å². The minimum Gasteiger partial charge on any atom is -0.497 e. The van der Waals surface area contributed by atoms with Gasteiger partial charge in [0.05, 0.1) is 24.6 Å². The first-order valence-corrected chi connectivity index (χ1v) is 9.56. The monoisotopic (exact) mass is 387 g/mol. The fourth-order valence-electron chi connectivity index (χ4n) is 3.76. The van der Waals surface area contributed by atoms with Gasteiger partial charge in [0.25, 0.3) is 0 Å². The van der Waals surface area contributed by atoms with Gasteiger partial charge in [0, 0.05) is 0 Å². The normalized spacial score (nSPS) is 17.8. The summed E-state index contributed by atoms with van der Waals surface area (Å²) in [5, 5.41) is 3.64. The average Bonchev–Trinajstić information content (AvgIpc) is 2.67. The van der Waals surface area contributed by atoms with Gasteiger partial charge in [0.2, 0.25) is 5.91 Å². The van der Waals surface area contributed by atoms with Crippen molar-refractivity contribution >= 4 is 17.5 Å². The molecule has 1 unspecified atom stereocenters. The van der Waals surface area contributed by atoms with E-state index in [4.69, 9.17) is 25.8 Å². The number of carbonyl (C=O) groups is 1. The van der Waals surface area contributed by atoms with Gasteiger partial charge in [-0.05, 0) is 60.2 Å². The number of hydrogen-bond acceptors (Lipinski definition) is 4. The zero-order valence-electron chi connectivity index (χ0n) is 15.2. The van der Waals surface area contributed by atoms with Crippen LogP contribution in [-0.2, 0) is 17.6 Å². The Hall–Kier alpha value is -2.40. The predicted molar refractivity (Wildman–Crippen MR) is 103 cm³/mol. The second kappa shape index (κ2) is 7.69. The standard InChI is InChI=1S/C21H22ClNO4/c1-25-15-5-6-16-14(12-15)3-2-4-18(16)23-20(24)11-13-9-17(22)21-19(10-13)26-7-8-27-21/h5-6,9-10,12,18H,2-4,7-8,11H2,1H3,(H,23,24). The van der Waals surface area contributed by atoms with Crippen LogP contribution in [0.1, 0.15) is 35.6 Å². The van der Waals surface area contributed by atoms with Crippen LogP contribution in [0.3, 0.4) is 0 Å². The molecule has 0 fully saturated rings. The molecule has 1 aliphatic carbocycles. The predicted octanol–water partition coefficient (Wildman–Crippen LogP) is 3.86. The molecule has 1 aliphatic heterocycles. The van der Waals surface area contributed by atoms with Crippen molar-refractivity contribution in [2.24, 2.45) is 0 Å². The van der Waals surface area contributed by atoms with Crippen molar-refractivity contribution in [3.05, 3.63) is 52.0 Å². The van der Waals surface area contributed by atoms with E-state index >= 15 is 0 Å². The lowest BCUT2D eigenvalue weighted by molar-refractivity contribution is -0.121. The number of hydrogen-bond donors (Lipinski definition) is 1. The largest absolute Gasteiger partial charge is 0.497 e. The Morgan fingerprint density at radius 3 is 2.96 bits per heavy atom. The zero-order chi connectivity index (χ0) is 18.8. The quantitative estimate of drug-likeness (QED) is 0.865. The lowest BCUT2D eigenvalue weighted by Crippen LogP contribution is -2.32. The molecule has 5 nitrogen and oxygen atoms in total. The lowest BCUT2D eigenvalue weighted by Gasteiger charge is -2.27. The van der Waals surface area contributed by atoms with Crippen LogP contribution in [0.25, 0.3) is 0 Å². The van der Waals surface area contributed by atoms with Gasteiger partial charge < -0.3 is 19.5 Å². The lowest BCUT2D eigenvalue weighted by atomic mass is 9.87. The van der Waals surface area contributed by atoms with Crippen molar-refractivity contribution in [3.63, 3.8) is 0 Å². The molecule has 2 aromatic rings. The SMILES string of the molecule is COc1ccc2c(c1)CCCC2NC(=O)Cc1cc(Cl)c2c(c1)OCCO2. The van der Waals surface area contributed by atoms with Gasteiger partial charge in [-0.3, -0.25) is 4.79 Å². The maximum atomic E-state index is 12.6. The second-order valence-electron chi connectivity index (χ2n) is 6.86. The third kappa shape index (κ3) is 3.83. The summed E-state index contributed by atoms with van der Waals surface area (Å²) in [6.45, 7) is 0.972. The number of methoxy groups -OCH3 is 1. The molecule has 2 aromatic carbocycles. The number of rotatable bonds is 4. The Bertz CT molecular complexity index is 868. The molecule has 1 heterocycles.